The van der Waals surface area contributed by atoms with E-state index in [9.17, 15) is 9.90 Å². The number of aromatic carboxylic acids is 1. The Bertz CT molecular complexity index is 993. The van der Waals surface area contributed by atoms with Crippen LogP contribution in [0.25, 0.3) is 22.2 Å². The van der Waals surface area contributed by atoms with E-state index in [4.69, 9.17) is 15.2 Å². The summed E-state index contributed by atoms with van der Waals surface area (Å²) in [7, 11) is 0. The van der Waals surface area contributed by atoms with Crippen LogP contribution in [0.2, 0.25) is 0 Å². The Labute approximate surface area is 156 Å². The van der Waals surface area contributed by atoms with E-state index < -0.39 is 5.97 Å². The number of H-pyrrole nitrogens is 1. The molecule has 1 aliphatic rings. The summed E-state index contributed by atoms with van der Waals surface area (Å²) in [5.74, 6) is 0.558. The molecule has 0 fully saturated rings. The molecule has 0 radical (unpaired) electrons. The highest BCUT2D eigenvalue weighted by Crippen LogP contribution is 2.38. The summed E-state index contributed by atoms with van der Waals surface area (Å²) in [6.45, 7) is 1.73. The predicted molar refractivity (Wildman–Crippen MR) is 104 cm³/mol. The van der Waals surface area contributed by atoms with Crippen molar-refractivity contribution in [3.63, 3.8) is 0 Å². The third-order valence-corrected chi connectivity index (χ3v) is 4.86. The number of aromatic amines is 1. The number of carbonyl (C=O) groups is 1. The maximum atomic E-state index is 11.4. The molecule has 0 bridgehead atoms. The van der Waals surface area contributed by atoms with Crippen LogP contribution in [0.4, 0.5) is 0 Å². The van der Waals surface area contributed by atoms with Crippen LogP contribution in [0, 0.1) is 0 Å². The monoisotopic (exact) mass is 366 g/mol. The van der Waals surface area contributed by atoms with Crippen molar-refractivity contribution in [1.29, 1.82) is 0 Å². The number of aryl methyl sites for hydroxylation is 1. The third-order valence-electron chi connectivity index (χ3n) is 4.86. The van der Waals surface area contributed by atoms with Gasteiger partial charge in [0.1, 0.15) is 13.2 Å². The molecule has 6 nitrogen and oxygen atoms in total. The molecule has 3 aromatic rings. The highest BCUT2D eigenvalue weighted by molar-refractivity contribution is 5.97. The first-order chi connectivity index (χ1) is 13.2. The van der Waals surface area contributed by atoms with Crippen LogP contribution < -0.4 is 15.2 Å². The number of hydrogen-bond donors (Lipinski definition) is 3. The van der Waals surface area contributed by atoms with Crippen LogP contribution >= 0.6 is 0 Å². The van der Waals surface area contributed by atoms with Crippen molar-refractivity contribution in [3.05, 3.63) is 47.5 Å². The first-order valence-electron chi connectivity index (χ1n) is 9.15. The SMILES string of the molecule is NCCCCc1c(-c2ccc3c(c2)OCCO3)[nH]c2ccc(C(=O)O)cc12. The van der Waals surface area contributed by atoms with Gasteiger partial charge in [-0.3, -0.25) is 0 Å². The molecule has 0 saturated carbocycles. The number of nitrogens with one attached hydrogen (secondary N) is 1. The second kappa shape index (κ2) is 7.32. The molecule has 0 spiro atoms. The van der Waals surface area contributed by atoms with Crippen LogP contribution in [0.15, 0.2) is 36.4 Å². The zero-order chi connectivity index (χ0) is 18.8. The normalized spacial score (nSPS) is 13.1. The van der Waals surface area contributed by atoms with Crippen molar-refractivity contribution in [2.24, 2.45) is 5.73 Å². The standard InChI is InChI=1S/C21H22N2O4/c22-8-2-1-3-15-16-11-14(21(24)25)4-6-17(16)23-20(15)13-5-7-18-19(12-13)27-10-9-26-18/h4-7,11-12,23H,1-3,8-10,22H2,(H,24,25). The minimum Gasteiger partial charge on any atom is -0.486 e. The van der Waals surface area contributed by atoms with Gasteiger partial charge in [-0.05, 0) is 67.8 Å². The summed E-state index contributed by atoms with van der Waals surface area (Å²) in [6.07, 6.45) is 2.69. The molecule has 6 heteroatoms. The molecule has 0 atom stereocenters. The number of aromatic nitrogens is 1. The van der Waals surface area contributed by atoms with Gasteiger partial charge in [-0.15, -0.1) is 0 Å². The molecular formula is C21H22N2O4. The minimum atomic E-state index is -0.924. The van der Waals surface area contributed by atoms with Gasteiger partial charge in [-0.25, -0.2) is 4.79 Å². The van der Waals surface area contributed by atoms with Crippen molar-refractivity contribution in [2.45, 2.75) is 19.3 Å². The molecule has 0 saturated heterocycles. The number of carboxylic acids is 1. The molecule has 0 amide bonds. The highest BCUT2D eigenvalue weighted by atomic mass is 16.6. The molecule has 4 N–H and O–H groups in total. The second-order valence-corrected chi connectivity index (χ2v) is 6.65. The van der Waals surface area contributed by atoms with Crippen molar-refractivity contribution in [3.8, 4) is 22.8 Å². The number of carboxylic acid groups (broad SMARTS) is 1. The largest absolute Gasteiger partial charge is 0.486 e. The Morgan fingerprint density at radius 1 is 1.07 bits per heavy atom. The van der Waals surface area contributed by atoms with Crippen molar-refractivity contribution in [2.75, 3.05) is 19.8 Å². The van der Waals surface area contributed by atoms with Crippen LogP contribution in [0.5, 0.6) is 11.5 Å². The van der Waals surface area contributed by atoms with Gasteiger partial charge in [0.2, 0.25) is 0 Å². The summed E-state index contributed by atoms with van der Waals surface area (Å²) < 4.78 is 11.3. The quantitative estimate of drug-likeness (QED) is 0.579. The predicted octanol–water partition coefficient (Wildman–Crippen LogP) is 3.59. The first kappa shape index (κ1) is 17.4. The minimum absolute atomic E-state index is 0.287. The van der Waals surface area contributed by atoms with Gasteiger partial charge in [0, 0.05) is 22.2 Å². The molecular weight excluding hydrogens is 344 g/mol. The Morgan fingerprint density at radius 2 is 1.89 bits per heavy atom. The van der Waals surface area contributed by atoms with Gasteiger partial charge >= 0.3 is 5.97 Å². The molecule has 4 rings (SSSR count). The average Bonchev–Trinajstić information content (AvgIpc) is 3.05. The van der Waals surface area contributed by atoms with E-state index in [0.717, 1.165) is 58.5 Å². The Morgan fingerprint density at radius 3 is 2.67 bits per heavy atom. The lowest BCUT2D eigenvalue weighted by Crippen LogP contribution is -2.15. The highest BCUT2D eigenvalue weighted by Gasteiger charge is 2.18. The number of benzene rings is 2. The lowest BCUT2D eigenvalue weighted by molar-refractivity contribution is 0.0697. The van der Waals surface area contributed by atoms with E-state index in [-0.39, 0.29) is 5.56 Å². The maximum absolute atomic E-state index is 11.4. The molecule has 0 unspecified atom stereocenters. The lowest BCUT2D eigenvalue weighted by atomic mass is 9.99. The van der Waals surface area contributed by atoms with Gasteiger partial charge in [-0.1, -0.05) is 0 Å². The summed E-state index contributed by atoms with van der Waals surface area (Å²) in [4.78, 5) is 14.9. The fourth-order valence-electron chi connectivity index (χ4n) is 3.53. The fourth-order valence-corrected chi connectivity index (χ4v) is 3.53. The van der Waals surface area contributed by atoms with Crippen molar-refractivity contribution < 1.29 is 19.4 Å². The van der Waals surface area contributed by atoms with Crippen molar-refractivity contribution >= 4 is 16.9 Å². The van der Waals surface area contributed by atoms with Gasteiger partial charge in [0.25, 0.3) is 0 Å². The number of fused-ring (bicyclic) bond motifs is 2. The summed E-state index contributed by atoms with van der Waals surface area (Å²) in [6, 6.07) is 11.1. The second-order valence-electron chi connectivity index (χ2n) is 6.65. The molecule has 0 aliphatic carbocycles. The summed E-state index contributed by atoms with van der Waals surface area (Å²) in [5, 5.41) is 10.3. The Hall–Kier alpha value is -2.99. The van der Waals surface area contributed by atoms with Gasteiger partial charge in [0.15, 0.2) is 11.5 Å². The number of nitrogens with two attached hydrogens (primary N) is 1. The fraction of sp³-hybridized carbons (Fsp3) is 0.286. The molecule has 140 valence electrons. The van der Waals surface area contributed by atoms with E-state index in [1.54, 1.807) is 12.1 Å². The van der Waals surface area contributed by atoms with Crippen molar-refractivity contribution in [1.82, 2.24) is 4.98 Å². The van der Waals surface area contributed by atoms with E-state index in [1.807, 2.05) is 24.3 Å². The van der Waals surface area contributed by atoms with Crippen LogP contribution in [-0.2, 0) is 6.42 Å². The maximum Gasteiger partial charge on any atom is 0.335 e. The first-order valence-corrected chi connectivity index (χ1v) is 9.15. The summed E-state index contributed by atoms with van der Waals surface area (Å²) in [5.41, 5.74) is 9.96. The van der Waals surface area contributed by atoms with Gasteiger partial charge in [-0.2, -0.15) is 0 Å². The third kappa shape index (κ3) is 3.36. The van der Waals surface area contributed by atoms with E-state index >= 15 is 0 Å². The Balaban J connectivity index is 1.83. The molecule has 2 heterocycles. The summed E-state index contributed by atoms with van der Waals surface area (Å²) >= 11 is 0. The smallest absolute Gasteiger partial charge is 0.335 e. The van der Waals surface area contributed by atoms with Crippen LogP contribution in [0.1, 0.15) is 28.8 Å². The molecule has 1 aliphatic heterocycles. The molecule has 27 heavy (non-hydrogen) atoms. The topological polar surface area (TPSA) is 97.6 Å². The number of ether oxygens (including phenoxy) is 2. The van der Waals surface area contributed by atoms with Gasteiger partial charge in [0.05, 0.1) is 5.56 Å². The zero-order valence-corrected chi connectivity index (χ0v) is 15.0. The molecule has 2 aromatic carbocycles. The number of hydrogen-bond acceptors (Lipinski definition) is 4. The van der Waals surface area contributed by atoms with E-state index in [1.165, 1.54) is 0 Å². The Kier molecular flexibility index (Phi) is 4.73. The van der Waals surface area contributed by atoms with E-state index in [2.05, 4.69) is 4.98 Å². The zero-order valence-electron chi connectivity index (χ0n) is 15.0. The van der Waals surface area contributed by atoms with Crippen LogP contribution in [-0.4, -0.2) is 35.8 Å². The van der Waals surface area contributed by atoms with Gasteiger partial charge < -0.3 is 25.3 Å². The number of rotatable bonds is 6. The van der Waals surface area contributed by atoms with Crippen LogP contribution in [0.3, 0.4) is 0 Å². The average molecular weight is 366 g/mol. The lowest BCUT2D eigenvalue weighted by Gasteiger charge is -2.19. The molecule has 1 aromatic heterocycles. The number of unbranched alkanes of at least 4 members (excludes halogenated alkanes) is 1. The van der Waals surface area contributed by atoms with E-state index in [0.29, 0.717) is 19.8 Å².